The zero-order valence-corrected chi connectivity index (χ0v) is 23.5. The van der Waals surface area contributed by atoms with Gasteiger partial charge in [-0.3, -0.25) is 28.8 Å². The highest BCUT2D eigenvalue weighted by Gasteiger charge is 2.53. The van der Waals surface area contributed by atoms with Gasteiger partial charge >= 0.3 is 35.8 Å². The molecule has 0 amide bonds. The van der Waals surface area contributed by atoms with Gasteiger partial charge < -0.3 is 37.9 Å². The van der Waals surface area contributed by atoms with E-state index in [0.717, 1.165) is 41.5 Å². The van der Waals surface area contributed by atoms with Crippen molar-refractivity contribution >= 4 is 35.8 Å². The summed E-state index contributed by atoms with van der Waals surface area (Å²) >= 11 is 0. The van der Waals surface area contributed by atoms with Crippen LogP contribution in [0, 0.1) is 0 Å². The molecule has 1 aliphatic heterocycles. The normalized spacial score (nSPS) is 24.0. The van der Waals surface area contributed by atoms with Gasteiger partial charge in [0.25, 0.3) is 0 Å². The largest absolute Gasteiger partial charge is 0.463 e. The molecule has 1 aliphatic rings. The highest BCUT2D eigenvalue weighted by molar-refractivity contribution is 5.69. The van der Waals surface area contributed by atoms with Crippen molar-refractivity contribution < 1.29 is 66.7 Å². The molecule has 1 heterocycles. The molecule has 0 aromatic rings. The second kappa shape index (κ2) is 17.0. The van der Waals surface area contributed by atoms with Crippen molar-refractivity contribution in [2.75, 3.05) is 13.2 Å². The number of carbonyl (C=O) groups is 6. The lowest BCUT2D eigenvalue weighted by Crippen LogP contribution is -2.63. The van der Waals surface area contributed by atoms with E-state index in [9.17, 15) is 28.8 Å². The molecule has 1 rings (SSSR count). The van der Waals surface area contributed by atoms with Crippen molar-refractivity contribution in [1.29, 1.82) is 0 Å². The van der Waals surface area contributed by atoms with Crippen LogP contribution < -0.4 is 0 Å². The van der Waals surface area contributed by atoms with Gasteiger partial charge in [-0.05, 0) is 6.92 Å². The standard InChI is InChI=1S/C26H36O14/c1-8-9-10-11-20(21(35-16(4)29)12-33-14(2)27)39-26-25(38-19(7)32)24(37-18(6)31)23(36-17(5)30)22(40-26)13-34-15(3)28/h8-11,20-26H,12-13H2,1-7H3/b9-8+,11-10+/t20-,21+,22+,23-,24-,25+,26+/m0/s1. The highest BCUT2D eigenvalue weighted by atomic mass is 16.7. The van der Waals surface area contributed by atoms with Gasteiger partial charge in [0.05, 0.1) is 0 Å². The minimum absolute atomic E-state index is 0.412. The van der Waals surface area contributed by atoms with Crippen molar-refractivity contribution in [3.63, 3.8) is 0 Å². The number of allylic oxidation sites excluding steroid dienone is 3. The lowest BCUT2D eigenvalue weighted by Gasteiger charge is -2.45. The van der Waals surface area contributed by atoms with Crippen molar-refractivity contribution in [2.24, 2.45) is 0 Å². The van der Waals surface area contributed by atoms with Crippen LogP contribution in [0.1, 0.15) is 48.5 Å². The van der Waals surface area contributed by atoms with E-state index in [4.69, 9.17) is 37.9 Å². The third kappa shape index (κ3) is 12.4. The van der Waals surface area contributed by atoms with Crippen LogP contribution in [-0.4, -0.2) is 91.9 Å². The molecular formula is C26H36O14. The zero-order chi connectivity index (χ0) is 30.4. The molecule has 14 heteroatoms. The molecule has 0 bridgehead atoms. The minimum atomic E-state index is -1.56. The summed E-state index contributed by atoms with van der Waals surface area (Å²) in [6.45, 7) is 7.59. The Morgan fingerprint density at radius 1 is 0.700 bits per heavy atom. The monoisotopic (exact) mass is 572 g/mol. The molecule has 7 atom stereocenters. The number of ether oxygens (including phenoxy) is 8. The van der Waals surface area contributed by atoms with E-state index >= 15 is 0 Å². The smallest absolute Gasteiger partial charge is 0.303 e. The second-order valence-corrected chi connectivity index (χ2v) is 8.53. The molecule has 0 aromatic carbocycles. The topological polar surface area (TPSA) is 176 Å². The summed E-state index contributed by atoms with van der Waals surface area (Å²) < 4.78 is 43.6. The predicted molar refractivity (Wildman–Crippen MR) is 133 cm³/mol. The van der Waals surface area contributed by atoms with E-state index in [1.165, 1.54) is 6.08 Å². The maximum Gasteiger partial charge on any atom is 0.303 e. The first-order valence-electron chi connectivity index (χ1n) is 12.3. The van der Waals surface area contributed by atoms with Gasteiger partial charge in [0, 0.05) is 41.5 Å². The van der Waals surface area contributed by atoms with Crippen LogP contribution >= 0.6 is 0 Å². The van der Waals surface area contributed by atoms with E-state index in [1.807, 2.05) is 0 Å². The van der Waals surface area contributed by atoms with E-state index in [1.54, 1.807) is 25.2 Å². The van der Waals surface area contributed by atoms with Gasteiger partial charge in [-0.1, -0.05) is 24.3 Å². The molecule has 0 unspecified atom stereocenters. The van der Waals surface area contributed by atoms with E-state index in [-0.39, 0.29) is 0 Å². The summed E-state index contributed by atoms with van der Waals surface area (Å²) in [6.07, 6.45) is -3.19. The number of hydrogen-bond donors (Lipinski definition) is 0. The van der Waals surface area contributed by atoms with E-state index in [0.29, 0.717) is 0 Å². The molecule has 0 aliphatic carbocycles. The maximum absolute atomic E-state index is 12.1. The molecule has 0 radical (unpaired) electrons. The van der Waals surface area contributed by atoms with Crippen LogP contribution in [-0.2, 0) is 66.7 Å². The van der Waals surface area contributed by atoms with Crippen molar-refractivity contribution in [1.82, 2.24) is 0 Å². The lowest BCUT2D eigenvalue weighted by atomic mass is 9.98. The molecular weight excluding hydrogens is 536 g/mol. The average molecular weight is 573 g/mol. The van der Waals surface area contributed by atoms with Crippen LogP contribution in [0.2, 0.25) is 0 Å². The summed E-state index contributed by atoms with van der Waals surface area (Å²) in [5, 5.41) is 0. The van der Waals surface area contributed by atoms with Crippen molar-refractivity contribution in [2.45, 2.75) is 91.4 Å². The minimum Gasteiger partial charge on any atom is -0.463 e. The van der Waals surface area contributed by atoms with E-state index < -0.39 is 91.9 Å². The van der Waals surface area contributed by atoms with Crippen molar-refractivity contribution in [3.8, 4) is 0 Å². The summed E-state index contributed by atoms with van der Waals surface area (Å²) in [5.74, 6) is -4.48. The van der Waals surface area contributed by atoms with Gasteiger partial charge in [-0.2, -0.15) is 0 Å². The Morgan fingerprint density at radius 3 is 1.75 bits per heavy atom. The zero-order valence-electron chi connectivity index (χ0n) is 23.5. The summed E-state index contributed by atoms with van der Waals surface area (Å²) in [4.78, 5) is 70.9. The van der Waals surface area contributed by atoms with Crippen LogP contribution in [0.3, 0.4) is 0 Å². The number of carbonyl (C=O) groups excluding carboxylic acids is 6. The summed E-state index contributed by atoms with van der Waals surface area (Å²) in [7, 11) is 0. The van der Waals surface area contributed by atoms with Crippen LogP contribution in [0.15, 0.2) is 24.3 Å². The molecule has 1 saturated heterocycles. The van der Waals surface area contributed by atoms with Crippen LogP contribution in [0.4, 0.5) is 0 Å². The molecule has 0 aromatic heterocycles. The summed E-state index contributed by atoms with van der Waals surface area (Å²) in [6, 6.07) is 0. The highest BCUT2D eigenvalue weighted by Crippen LogP contribution is 2.31. The van der Waals surface area contributed by atoms with Gasteiger partial charge in [-0.15, -0.1) is 0 Å². The number of esters is 6. The maximum atomic E-state index is 12.1. The van der Waals surface area contributed by atoms with Gasteiger partial charge in [0.15, 0.2) is 30.7 Å². The van der Waals surface area contributed by atoms with Gasteiger partial charge in [0.2, 0.25) is 0 Å². The molecule has 40 heavy (non-hydrogen) atoms. The first kappa shape index (κ1) is 34.2. The Labute approximate surface area is 231 Å². The van der Waals surface area contributed by atoms with E-state index in [2.05, 4.69) is 0 Å². The second-order valence-electron chi connectivity index (χ2n) is 8.53. The Hall–Kier alpha value is -3.78. The number of rotatable bonds is 13. The summed E-state index contributed by atoms with van der Waals surface area (Å²) in [5.41, 5.74) is 0. The third-order valence-corrected chi connectivity index (χ3v) is 4.98. The Balaban J connectivity index is 3.62. The SMILES string of the molecule is C/C=C/C=C/[C@H](O[C@@H]1O[C@H](COC(C)=O)[C@H](OC(C)=O)[C@H](OC(C)=O)[C@H]1OC(C)=O)[C@@H](COC(C)=O)OC(C)=O. The average Bonchev–Trinajstić information content (AvgIpc) is 2.82. The third-order valence-electron chi connectivity index (χ3n) is 4.98. The Morgan fingerprint density at radius 2 is 1.25 bits per heavy atom. The fraction of sp³-hybridized carbons (Fsp3) is 0.615. The molecule has 224 valence electrons. The quantitative estimate of drug-likeness (QED) is 0.174. The fourth-order valence-corrected chi connectivity index (χ4v) is 3.60. The van der Waals surface area contributed by atoms with Crippen molar-refractivity contribution in [3.05, 3.63) is 24.3 Å². The first-order valence-corrected chi connectivity index (χ1v) is 12.3. The molecule has 0 spiro atoms. The fourth-order valence-electron chi connectivity index (χ4n) is 3.60. The van der Waals surface area contributed by atoms with Crippen LogP contribution in [0.5, 0.6) is 0 Å². The lowest BCUT2D eigenvalue weighted by molar-refractivity contribution is -0.318. The molecule has 0 N–H and O–H groups in total. The number of hydrogen-bond acceptors (Lipinski definition) is 14. The molecule has 14 nitrogen and oxygen atoms in total. The molecule has 1 fully saturated rings. The Bertz CT molecular complexity index is 970. The molecule has 0 saturated carbocycles. The van der Waals surface area contributed by atoms with Gasteiger partial charge in [-0.25, -0.2) is 0 Å². The van der Waals surface area contributed by atoms with Gasteiger partial charge in [0.1, 0.15) is 25.4 Å². The Kier molecular flexibility index (Phi) is 14.6. The first-order chi connectivity index (χ1) is 18.7. The van der Waals surface area contributed by atoms with Crippen LogP contribution in [0.25, 0.3) is 0 Å². The predicted octanol–water partition coefficient (Wildman–Crippen LogP) is 1.08.